The third-order valence-corrected chi connectivity index (χ3v) is 5.68. The number of fused-ring (bicyclic) bond motifs is 1. The van der Waals surface area contributed by atoms with Crippen molar-refractivity contribution in [2.24, 2.45) is 0 Å². The van der Waals surface area contributed by atoms with E-state index in [1.54, 1.807) is 31.4 Å². The Kier molecular flexibility index (Phi) is 5.33. The standard InChI is InChI=1S/C18H23N5O3S/c1-22(2)9-8-19-14-4-7-17(20-12-14)21-27(25,26)15-5-6-16-13(10-15)11-18(24)23(16)3/h4-7,10,12,19H,8-9,11H2,1-3H3,(H,20,21). The van der Waals surface area contributed by atoms with Crippen molar-refractivity contribution in [3.8, 4) is 0 Å². The van der Waals surface area contributed by atoms with E-state index < -0.39 is 10.0 Å². The summed E-state index contributed by atoms with van der Waals surface area (Å²) in [6, 6.07) is 8.07. The van der Waals surface area contributed by atoms with Crippen LogP contribution in [0.1, 0.15) is 5.56 Å². The number of likely N-dealkylation sites (N-methyl/N-ethyl adjacent to an activating group) is 2. The Balaban J connectivity index is 1.70. The van der Waals surface area contributed by atoms with Gasteiger partial charge in [-0.05, 0) is 50.0 Å². The van der Waals surface area contributed by atoms with E-state index in [4.69, 9.17) is 0 Å². The van der Waals surface area contributed by atoms with Gasteiger partial charge < -0.3 is 15.1 Å². The molecule has 9 heteroatoms. The molecule has 1 amide bonds. The highest BCUT2D eigenvalue weighted by Gasteiger charge is 2.26. The molecule has 2 aromatic rings. The number of hydrogen-bond acceptors (Lipinski definition) is 6. The summed E-state index contributed by atoms with van der Waals surface area (Å²) >= 11 is 0. The second kappa shape index (κ2) is 7.53. The maximum Gasteiger partial charge on any atom is 0.263 e. The summed E-state index contributed by atoms with van der Waals surface area (Å²) in [5, 5.41) is 3.22. The molecule has 0 aliphatic carbocycles. The lowest BCUT2D eigenvalue weighted by Crippen LogP contribution is -2.20. The highest BCUT2D eigenvalue weighted by Crippen LogP contribution is 2.30. The van der Waals surface area contributed by atoms with E-state index in [2.05, 4.69) is 19.9 Å². The molecule has 2 N–H and O–H groups in total. The molecule has 2 heterocycles. The van der Waals surface area contributed by atoms with E-state index in [1.165, 1.54) is 17.0 Å². The van der Waals surface area contributed by atoms with Gasteiger partial charge in [-0.15, -0.1) is 0 Å². The van der Waals surface area contributed by atoms with Crippen LogP contribution in [0.4, 0.5) is 17.2 Å². The number of nitrogens with one attached hydrogen (secondary N) is 2. The molecule has 3 rings (SSSR count). The molecule has 1 aromatic heterocycles. The molecular weight excluding hydrogens is 366 g/mol. The van der Waals surface area contributed by atoms with Gasteiger partial charge in [0.15, 0.2) is 0 Å². The van der Waals surface area contributed by atoms with E-state index in [9.17, 15) is 13.2 Å². The van der Waals surface area contributed by atoms with E-state index in [1.807, 2.05) is 14.1 Å². The van der Waals surface area contributed by atoms with Crippen LogP contribution in [0.5, 0.6) is 0 Å². The fourth-order valence-electron chi connectivity index (χ4n) is 2.79. The zero-order valence-electron chi connectivity index (χ0n) is 15.6. The molecule has 144 valence electrons. The van der Waals surface area contributed by atoms with Crippen LogP contribution < -0.4 is 14.9 Å². The number of nitrogens with zero attached hydrogens (tertiary/aromatic N) is 3. The molecule has 0 fully saturated rings. The lowest BCUT2D eigenvalue weighted by Gasteiger charge is -2.13. The average Bonchev–Trinajstić information content (AvgIpc) is 2.90. The van der Waals surface area contributed by atoms with Gasteiger partial charge in [0.05, 0.1) is 23.2 Å². The SMILES string of the molecule is CN(C)CCNc1ccc(NS(=O)(=O)c2ccc3c(c2)CC(=O)N3C)nc1. The smallest absolute Gasteiger partial charge is 0.263 e. The normalized spacial score (nSPS) is 13.8. The molecule has 0 unspecified atom stereocenters. The number of amides is 1. The summed E-state index contributed by atoms with van der Waals surface area (Å²) in [5.41, 5.74) is 2.27. The van der Waals surface area contributed by atoms with Gasteiger partial charge in [-0.25, -0.2) is 13.4 Å². The minimum atomic E-state index is -3.78. The number of carbonyl (C=O) groups is 1. The van der Waals surface area contributed by atoms with E-state index >= 15 is 0 Å². The zero-order chi connectivity index (χ0) is 19.6. The number of rotatable bonds is 7. The van der Waals surface area contributed by atoms with Gasteiger partial charge in [-0.1, -0.05) is 0 Å². The fourth-order valence-corrected chi connectivity index (χ4v) is 3.85. The van der Waals surface area contributed by atoms with E-state index in [0.29, 0.717) is 5.56 Å². The molecule has 8 nitrogen and oxygen atoms in total. The van der Waals surface area contributed by atoms with Crippen molar-refractivity contribution in [3.63, 3.8) is 0 Å². The molecule has 1 aliphatic rings. The molecule has 0 atom stereocenters. The Hall–Kier alpha value is -2.65. The van der Waals surface area contributed by atoms with Gasteiger partial charge in [-0.2, -0.15) is 0 Å². The van der Waals surface area contributed by atoms with Crippen molar-refractivity contribution in [1.82, 2.24) is 9.88 Å². The summed E-state index contributed by atoms with van der Waals surface area (Å²) in [6.45, 7) is 1.65. The molecule has 27 heavy (non-hydrogen) atoms. The minimum Gasteiger partial charge on any atom is -0.383 e. The van der Waals surface area contributed by atoms with Crippen molar-refractivity contribution >= 4 is 33.1 Å². The Morgan fingerprint density at radius 2 is 2.00 bits per heavy atom. The second-order valence-corrected chi connectivity index (χ2v) is 8.37. The minimum absolute atomic E-state index is 0.0495. The zero-order valence-corrected chi connectivity index (χ0v) is 16.4. The number of pyridine rings is 1. The number of aromatic nitrogens is 1. The molecule has 0 bridgehead atoms. The Bertz CT molecular complexity index is 942. The quantitative estimate of drug-likeness (QED) is 0.743. The highest BCUT2D eigenvalue weighted by atomic mass is 32.2. The van der Waals surface area contributed by atoms with Crippen LogP contribution in [0.2, 0.25) is 0 Å². The lowest BCUT2D eigenvalue weighted by molar-refractivity contribution is -0.117. The number of carbonyl (C=O) groups excluding carboxylic acids is 1. The van der Waals surface area contributed by atoms with Gasteiger partial charge in [0, 0.05) is 25.8 Å². The topological polar surface area (TPSA) is 94.6 Å². The van der Waals surface area contributed by atoms with Crippen LogP contribution in [0.15, 0.2) is 41.4 Å². The number of benzene rings is 1. The molecule has 0 saturated carbocycles. The van der Waals surface area contributed by atoms with E-state index in [0.717, 1.165) is 24.5 Å². The summed E-state index contributed by atoms with van der Waals surface area (Å²) in [4.78, 5) is 19.6. The van der Waals surface area contributed by atoms with Gasteiger partial charge in [-0.3, -0.25) is 9.52 Å². The highest BCUT2D eigenvalue weighted by molar-refractivity contribution is 7.92. The van der Waals surface area contributed by atoms with Gasteiger partial charge >= 0.3 is 0 Å². The van der Waals surface area contributed by atoms with Crippen molar-refractivity contribution in [1.29, 1.82) is 0 Å². The van der Waals surface area contributed by atoms with Crippen LogP contribution >= 0.6 is 0 Å². The fraction of sp³-hybridized carbons (Fsp3) is 0.333. The first-order chi connectivity index (χ1) is 12.8. The largest absolute Gasteiger partial charge is 0.383 e. The van der Waals surface area contributed by atoms with Gasteiger partial charge in [0.25, 0.3) is 10.0 Å². The van der Waals surface area contributed by atoms with Gasteiger partial charge in [0.1, 0.15) is 5.82 Å². The first kappa shape index (κ1) is 19.1. The van der Waals surface area contributed by atoms with Crippen molar-refractivity contribution in [2.45, 2.75) is 11.3 Å². The summed E-state index contributed by atoms with van der Waals surface area (Å²) < 4.78 is 27.7. The lowest BCUT2D eigenvalue weighted by atomic mass is 10.2. The first-order valence-electron chi connectivity index (χ1n) is 8.53. The van der Waals surface area contributed by atoms with Crippen LogP contribution in [-0.2, 0) is 21.2 Å². The summed E-state index contributed by atoms with van der Waals surface area (Å²) in [7, 11) is 1.88. The van der Waals surface area contributed by atoms with E-state index in [-0.39, 0.29) is 23.0 Å². The summed E-state index contributed by atoms with van der Waals surface area (Å²) in [5.74, 6) is 0.188. The first-order valence-corrected chi connectivity index (χ1v) is 10.0. The molecule has 1 aromatic carbocycles. The number of hydrogen-bond donors (Lipinski definition) is 2. The van der Waals surface area contributed by atoms with Gasteiger partial charge in [0.2, 0.25) is 5.91 Å². The second-order valence-electron chi connectivity index (χ2n) is 6.69. The third-order valence-electron chi connectivity index (χ3n) is 4.33. The third kappa shape index (κ3) is 4.37. The Labute approximate surface area is 159 Å². The summed E-state index contributed by atoms with van der Waals surface area (Å²) in [6.07, 6.45) is 1.80. The molecule has 1 aliphatic heterocycles. The van der Waals surface area contributed by atoms with Crippen LogP contribution in [0.3, 0.4) is 0 Å². The molecule has 0 saturated heterocycles. The monoisotopic (exact) mass is 389 g/mol. The maximum absolute atomic E-state index is 12.6. The van der Waals surface area contributed by atoms with Crippen molar-refractivity contribution < 1.29 is 13.2 Å². The predicted molar refractivity (Wildman–Crippen MR) is 106 cm³/mol. The van der Waals surface area contributed by atoms with Crippen LogP contribution in [0.25, 0.3) is 0 Å². The maximum atomic E-state index is 12.6. The van der Waals surface area contributed by atoms with Crippen LogP contribution in [0, 0.1) is 0 Å². The molecular formula is C18H23N5O3S. The van der Waals surface area contributed by atoms with Crippen molar-refractivity contribution in [2.75, 3.05) is 49.2 Å². The van der Waals surface area contributed by atoms with Crippen LogP contribution in [-0.4, -0.2) is 58.4 Å². The predicted octanol–water partition coefficient (Wildman–Crippen LogP) is 1.37. The Morgan fingerprint density at radius 3 is 2.67 bits per heavy atom. The molecule has 0 radical (unpaired) electrons. The number of sulfonamides is 1. The van der Waals surface area contributed by atoms with Crippen molar-refractivity contribution in [3.05, 3.63) is 42.1 Å². The average molecular weight is 389 g/mol. The molecule has 0 spiro atoms. The number of anilines is 3. The Morgan fingerprint density at radius 1 is 1.22 bits per heavy atom.